The normalized spacial score (nSPS) is 12.1. The van der Waals surface area contributed by atoms with E-state index in [9.17, 15) is 26.7 Å². The first kappa shape index (κ1) is 24.0. The molecule has 0 unspecified atom stereocenters. The number of alkyl halides is 5. The first-order valence-electron chi connectivity index (χ1n) is 10.2. The highest BCUT2D eigenvalue weighted by Gasteiger charge is 2.36. The average molecular weight is 491 g/mol. The van der Waals surface area contributed by atoms with Crippen LogP contribution in [0.2, 0.25) is 0 Å². The largest absolute Gasteiger partial charge is 0.416 e. The van der Waals surface area contributed by atoms with Crippen molar-refractivity contribution >= 4 is 11.6 Å². The van der Waals surface area contributed by atoms with Gasteiger partial charge in [0.1, 0.15) is 5.69 Å². The molecule has 3 aromatic heterocycles. The van der Waals surface area contributed by atoms with Crippen molar-refractivity contribution in [2.75, 3.05) is 5.32 Å². The highest BCUT2D eigenvalue weighted by Crippen LogP contribution is 2.37. The number of carbonyl (C=O) groups excluding carboxylic acids is 1. The number of aromatic nitrogens is 4. The fraction of sp³-hybridized carbons (Fsp3) is 0.217. The third-order valence-corrected chi connectivity index (χ3v) is 5.25. The molecule has 12 heteroatoms. The smallest absolute Gasteiger partial charge is 0.354 e. The monoisotopic (exact) mass is 491 g/mol. The van der Waals surface area contributed by atoms with Gasteiger partial charge in [0.05, 0.1) is 29.7 Å². The number of rotatable bonds is 6. The van der Waals surface area contributed by atoms with Gasteiger partial charge in [-0.05, 0) is 30.7 Å². The summed E-state index contributed by atoms with van der Waals surface area (Å²) >= 11 is 0. The predicted octanol–water partition coefficient (Wildman–Crippen LogP) is 5.67. The van der Waals surface area contributed by atoms with Crippen LogP contribution in [0.15, 0.2) is 59.4 Å². The SMILES string of the molecule is Cc1c(NC(=O)c2cc(-c3ccccn3)on2)cnn1Cc1ccc(C(C)(F)F)cc1C(F)(F)F. The second-order valence-corrected chi connectivity index (χ2v) is 7.80. The average Bonchev–Trinajstić information content (AvgIpc) is 3.42. The van der Waals surface area contributed by atoms with E-state index in [1.807, 2.05) is 0 Å². The fourth-order valence-electron chi connectivity index (χ4n) is 3.34. The van der Waals surface area contributed by atoms with Gasteiger partial charge in [0.15, 0.2) is 11.5 Å². The Labute approximate surface area is 195 Å². The summed E-state index contributed by atoms with van der Waals surface area (Å²) in [6.45, 7) is 1.73. The standard InChI is InChI=1S/C23H18F5N5O2/c1-13-19(31-21(34)18-10-20(35-32-18)17-5-3-4-8-29-17)11-30-33(13)12-14-6-7-15(22(2,24)25)9-16(14)23(26,27)28/h3-11H,12H2,1-2H3,(H,31,34). The Bertz CT molecular complexity index is 1360. The lowest BCUT2D eigenvalue weighted by molar-refractivity contribution is -0.138. The zero-order valence-electron chi connectivity index (χ0n) is 18.4. The molecule has 0 saturated carbocycles. The van der Waals surface area contributed by atoms with Crippen LogP contribution in [0.4, 0.5) is 27.6 Å². The summed E-state index contributed by atoms with van der Waals surface area (Å²) in [5.41, 5.74) is -1.12. The molecule has 0 saturated heterocycles. The van der Waals surface area contributed by atoms with Crippen molar-refractivity contribution in [3.8, 4) is 11.5 Å². The number of carbonyl (C=O) groups is 1. The van der Waals surface area contributed by atoms with E-state index < -0.39 is 29.1 Å². The van der Waals surface area contributed by atoms with Gasteiger partial charge in [0.2, 0.25) is 0 Å². The third kappa shape index (κ3) is 5.20. The summed E-state index contributed by atoms with van der Waals surface area (Å²) in [7, 11) is 0. The second kappa shape index (κ2) is 8.93. The fourth-order valence-corrected chi connectivity index (χ4v) is 3.34. The number of pyridine rings is 1. The summed E-state index contributed by atoms with van der Waals surface area (Å²) in [6, 6.07) is 8.95. The van der Waals surface area contributed by atoms with Crippen molar-refractivity contribution in [3.05, 3.63) is 82.9 Å². The van der Waals surface area contributed by atoms with Crippen molar-refractivity contribution in [2.24, 2.45) is 0 Å². The Morgan fingerprint density at radius 1 is 1.11 bits per heavy atom. The second-order valence-electron chi connectivity index (χ2n) is 7.80. The summed E-state index contributed by atoms with van der Waals surface area (Å²) in [5.74, 6) is -3.76. The van der Waals surface area contributed by atoms with Crippen LogP contribution in [0.1, 0.15) is 39.8 Å². The van der Waals surface area contributed by atoms with Gasteiger partial charge < -0.3 is 9.84 Å². The zero-order chi connectivity index (χ0) is 25.4. The van der Waals surface area contributed by atoms with Gasteiger partial charge in [0.25, 0.3) is 11.8 Å². The molecule has 3 heterocycles. The van der Waals surface area contributed by atoms with Crippen LogP contribution in [0.5, 0.6) is 0 Å². The quantitative estimate of drug-likeness (QED) is 0.351. The molecule has 0 aliphatic carbocycles. The Morgan fingerprint density at radius 3 is 2.54 bits per heavy atom. The molecule has 0 spiro atoms. The van der Waals surface area contributed by atoms with Crippen LogP contribution in [0, 0.1) is 6.92 Å². The Hall–Kier alpha value is -4.09. The number of benzene rings is 1. The van der Waals surface area contributed by atoms with Crippen LogP contribution < -0.4 is 5.32 Å². The van der Waals surface area contributed by atoms with E-state index >= 15 is 0 Å². The van der Waals surface area contributed by atoms with Gasteiger partial charge in [-0.2, -0.15) is 18.3 Å². The molecule has 0 atom stereocenters. The molecule has 7 nitrogen and oxygen atoms in total. The number of nitrogens with one attached hydrogen (secondary N) is 1. The van der Waals surface area contributed by atoms with E-state index in [1.165, 1.54) is 16.9 Å². The number of hydrogen-bond acceptors (Lipinski definition) is 5. The molecule has 0 bridgehead atoms. The van der Waals surface area contributed by atoms with Crippen molar-refractivity contribution in [3.63, 3.8) is 0 Å². The van der Waals surface area contributed by atoms with Gasteiger partial charge >= 0.3 is 6.18 Å². The summed E-state index contributed by atoms with van der Waals surface area (Å²) in [5, 5.41) is 10.3. The van der Waals surface area contributed by atoms with E-state index in [0.29, 0.717) is 24.4 Å². The minimum Gasteiger partial charge on any atom is -0.354 e. The molecule has 0 aliphatic rings. The van der Waals surface area contributed by atoms with E-state index in [0.717, 1.165) is 12.1 Å². The molecule has 4 rings (SSSR count). The van der Waals surface area contributed by atoms with Gasteiger partial charge in [-0.3, -0.25) is 14.5 Å². The number of halogens is 5. The number of nitrogens with zero attached hydrogens (tertiary/aromatic N) is 4. The maximum absolute atomic E-state index is 13.6. The molecule has 0 fully saturated rings. The first-order chi connectivity index (χ1) is 16.4. The molecular formula is C23H18F5N5O2. The predicted molar refractivity (Wildman–Crippen MR) is 115 cm³/mol. The van der Waals surface area contributed by atoms with Crippen molar-refractivity contribution in [1.29, 1.82) is 0 Å². The van der Waals surface area contributed by atoms with E-state index in [-0.39, 0.29) is 29.2 Å². The molecule has 1 aromatic carbocycles. The summed E-state index contributed by atoms with van der Waals surface area (Å²) in [6.07, 6.45) is -2.01. The molecule has 35 heavy (non-hydrogen) atoms. The minimum absolute atomic E-state index is 0.0340. The van der Waals surface area contributed by atoms with E-state index in [2.05, 4.69) is 20.6 Å². The molecule has 0 aliphatic heterocycles. The molecule has 0 radical (unpaired) electrons. The Morgan fingerprint density at radius 2 is 1.89 bits per heavy atom. The molecule has 1 amide bonds. The van der Waals surface area contributed by atoms with Crippen LogP contribution >= 0.6 is 0 Å². The topological polar surface area (TPSA) is 85.8 Å². The van der Waals surface area contributed by atoms with Crippen molar-refractivity contribution < 1.29 is 31.3 Å². The van der Waals surface area contributed by atoms with Crippen LogP contribution in [0.25, 0.3) is 11.5 Å². The third-order valence-electron chi connectivity index (χ3n) is 5.25. The minimum atomic E-state index is -4.84. The maximum Gasteiger partial charge on any atom is 0.416 e. The van der Waals surface area contributed by atoms with Crippen molar-refractivity contribution in [1.82, 2.24) is 19.9 Å². The first-order valence-corrected chi connectivity index (χ1v) is 10.2. The lowest BCUT2D eigenvalue weighted by atomic mass is 10.0. The van der Waals surface area contributed by atoms with Crippen LogP contribution in [-0.4, -0.2) is 25.8 Å². The lowest BCUT2D eigenvalue weighted by Gasteiger charge is -2.18. The maximum atomic E-state index is 13.6. The lowest BCUT2D eigenvalue weighted by Crippen LogP contribution is -2.16. The van der Waals surface area contributed by atoms with E-state index in [1.54, 1.807) is 31.3 Å². The molecule has 4 aromatic rings. The molecule has 182 valence electrons. The van der Waals surface area contributed by atoms with E-state index in [4.69, 9.17) is 4.52 Å². The van der Waals surface area contributed by atoms with Gasteiger partial charge in [-0.25, -0.2) is 8.78 Å². The zero-order valence-corrected chi connectivity index (χ0v) is 18.4. The van der Waals surface area contributed by atoms with Crippen LogP contribution in [0.3, 0.4) is 0 Å². The van der Waals surface area contributed by atoms with Crippen LogP contribution in [-0.2, 0) is 18.6 Å². The highest BCUT2D eigenvalue weighted by molar-refractivity contribution is 6.03. The van der Waals surface area contributed by atoms with Gasteiger partial charge in [0, 0.05) is 24.8 Å². The molecule has 1 N–H and O–H groups in total. The summed E-state index contributed by atoms with van der Waals surface area (Å²) < 4.78 is 74.2. The van der Waals surface area contributed by atoms with Gasteiger partial charge in [-0.15, -0.1) is 0 Å². The number of amides is 1. The van der Waals surface area contributed by atoms with Gasteiger partial charge in [-0.1, -0.05) is 23.4 Å². The Kier molecular flexibility index (Phi) is 6.14. The summed E-state index contributed by atoms with van der Waals surface area (Å²) in [4.78, 5) is 16.7. The highest BCUT2D eigenvalue weighted by atomic mass is 19.4. The number of anilines is 1. The van der Waals surface area contributed by atoms with Crippen molar-refractivity contribution in [2.45, 2.75) is 32.5 Å². The Balaban J connectivity index is 1.54. The molecular weight excluding hydrogens is 473 g/mol. The number of hydrogen-bond donors (Lipinski definition) is 1.